The Kier molecular flexibility index (Phi) is 2.64. The maximum Gasteiger partial charge on any atom is 0.0824 e. The molecule has 1 aromatic carbocycles. The van der Waals surface area contributed by atoms with Gasteiger partial charge in [-0.1, -0.05) is 48.9 Å². The Labute approximate surface area is 102 Å². The summed E-state index contributed by atoms with van der Waals surface area (Å²) in [6.07, 6.45) is 5.34. The van der Waals surface area contributed by atoms with Crippen molar-refractivity contribution < 1.29 is 5.11 Å². The van der Waals surface area contributed by atoms with Gasteiger partial charge >= 0.3 is 0 Å². The van der Waals surface area contributed by atoms with Crippen LogP contribution in [0.15, 0.2) is 47.6 Å². The molecule has 1 heteroatoms. The first-order valence-corrected chi connectivity index (χ1v) is 6.43. The predicted molar refractivity (Wildman–Crippen MR) is 70.5 cm³/mol. The van der Waals surface area contributed by atoms with Crippen molar-refractivity contribution in [1.82, 2.24) is 0 Å². The average Bonchev–Trinajstić information content (AvgIpc) is 2.66. The first kappa shape index (κ1) is 10.8. The van der Waals surface area contributed by atoms with E-state index in [0.29, 0.717) is 5.92 Å². The minimum atomic E-state index is -0.267. The zero-order chi connectivity index (χ0) is 11.8. The summed E-state index contributed by atoms with van der Waals surface area (Å²) in [5, 5.41) is 10.3. The Balaban J connectivity index is 2.04. The van der Waals surface area contributed by atoms with Gasteiger partial charge in [0.15, 0.2) is 0 Å². The maximum absolute atomic E-state index is 10.3. The molecule has 0 amide bonds. The van der Waals surface area contributed by atoms with E-state index in [2.05, 4.69) is 37.3 Å². The fourth-order valence-corrected chi connectivity index (χ4v) is 3.08. The molecule has 2 aliphatic carbocycles. The summed E-state index contributed by atoms with van der Waals surface area (Å²) in [5.74, 6) is 0.380. The minimum absolute atomic E-state index is 0.267. The van der Waals surface area contributed by atoms with Crippen LogP contribution in [0.2, 0.25) is 0 Å². The molecule has 1 nitrogen and oxygen atoms in total. The molecule has 2 aliphatic rings. The summed E-state index contributed by atoms with van der Waals surface area (Å²) in [4.78, 5) is 0. The second-order valence-corrected chi connectivity index (χ2v) is 5.17. The van der Waals surface area contributed by atoms with Gasteiger partial charge in [0.2, 0.25) is 0 Å². The van der Waals surface area contributed by atoms with Crippen LogP contribution >= 0.6 is 0 Å². The van der Waals surface area contributed by atoms with E-state index in [4.69, 9.17) is 0 Å². The fourth-order valence-electron chi connectivity index (χ4n) is 3.08. The molecule has 1 N–H and O–H groups in total. The van der Waals surface area contributed by atoms with Gasteiger partial charge < -0.3 is 5.11 Å². The van der Waals surface area contributed by atoms with Gasteiger partial charge in [0.25, 0.3) is 0 Å². The molecule has 0 fully saturated rings. The second kappa shape index (κ2) is 4.15. The van der Waals surface area contributed by atoms with E-state index in [1.807, 2.05) is 6.07 Å². The van der Waals surface area contributed by atoms with Crippen molar-refractivity contribution in [3.8, 4) is 0 Å². The van der Waals surface area contributed by atoms with Crippen LogP contribution in [0.4, 0.5) is 0 Å². The third kappa shape index (κ3) is 1.75. The average molecular weight is 226 g/mol. The lowest BCUT2D eigenvalue weighted by Crippen LogP contribution is -2.15. The molecular weight excluding hydrogens is 208 g/mol. The van der Waals surface area contributed by atoms with Crippen molar-refractivity contribution in [3.63, 3.8) is 0 Å². The third-order valence-corrected chi connectivity index (χ3v) is 3.95. The van der Waals surface area contributed by atoms with Crippen LogP contribution in [-0.4, -0.2) is 11.2 Å². The number of aliphatic hydroxyl groups excluding tert-OH is 1. The highest BCUT2D eigenvalue weighted by molar-refractivity contribution is 5.82. The molecule has 1 aromatic rings. The van der Waals surface area contributed by atoms with Gasteiger partial charge in [-0.15, -0.1) is 0 Å². The first-order valence-electron chi connectivity index (χ1n) is 6.43. The van der Waals surface area contributed by atoms with E-state index in [1.165, 1.54) is 22.3 Å². The highest BCUT2D eigenvalue weighted by atomic mass is 16.3. The van der Waals surface area contributed by atoms with Crippen molar-refractivity contribution in [3.05, 3.63) is 53.1 Å². The molecule has 0 radical (unpaired) electrons. The van der Waals surface area contributed by atoms with Gasteiger partial charge in [0.05, 0.1) is 6.10 Å². The number of rotatable bonds is 1. The van der Waals surface area contributed by atoms with Crippen LogP contribution in [0.3, 0.4) is 0 Å². The SMILES string of the molecule is CC1CC2=C(C(c3ccccc3)=CCC2)C1O. The number of benzene rings is 1. The molecule has 3 rings (SSSR count). The highest BCUT2D eigenvalue weighted by Gasteiger charge is 2.33. The van der Waals surface area contributed by atoms with Crippen molar-refractivity contribution in [1.29, 1.82) is 0 Å². The van der Waals surface area contributed by atoms with E-state index in [0.717, 1.165) is 19.3 Å². The minimum Gasteiger partial charge on any atom is -0.388 e. The Hall–Kier alpha value is -1.34. The fraction of sp³-hybridized carbons (Fsp3) is 0.375. The van der Waals surface area contributed by atoms with Crippen molar-refractivity contribution in [2.75, 3.05) is 0 Å². The number of aliphatic hydroxyl groups is 1. The lowest BCUT2D eigenvalue weighted by Gasteiger charge is -2.20. The van der Waals surface area contributed by atoms with E-state index in [9.17, 15) is 5.11 Å². The van der Waals surface area contributed by atoms with Crippen LogP contribution in [0.25, 0.3) is 5.57 Å². The van der Waals surface area contributed by atoms with Gasteiger partial charge in [-0.25, -0.2) is 0 Å². The Morgan fingerprint density at radius 2 is 1.94 bits per heavy atom. The highest BCUT2D eigenvalue weighted by Crippen LogP contribution is 2.44. The molecule has 2 unspecified atom stereocenters. The molecule has 0 saturated heterocycles. The Morgan fingerprint density at radius 1 is 1.18 bits per heavy atom. The standard InChI is InChI=1S/C16H18O/c1-11-10-13-8-5-9-14(15(13)16(11)17)12-6-3-2-4-7-12/h2-4,6-7,9,11,16-17H,5,8,10H2,1H3. The molecule has 17 heavy (non-hydrogen) atoms. The summed E-state index contributed by atoms with van der Waals surface area (Å²) >= 11 is 0. The van der Waals surface area contributed by atoms with Crippen LogP contribution in [0.1, 0.15) is 31.7 Å². The van der Waals surface area contributed by atoms with Crippen molar-refractivity contribution in [2.45, 2.75) is 32.3 Å². The largest absolute Gasteiger partial charge is 0.388 e. The van der Waals surface area contributed by atoms with E-state index in [1.54, 1.807) is 0 Å². The lowest BCUT2D eigenvalue weighted by atomic mass is 9.87. The molecule has 0 aromatic heterocycles. The van der Waals surface area contributed by atoms with Crippen LogP contribution in [0.5, 0.6) is 0 Å². The number of allylic oxidation sites excluding steroid dienone is 2. The molecule has 88 valence electrons. The Bertz CT molecular complexity index is 482. The van der Waals surface area contributed by atoms with Crippen molar-refractivity contribution in [2.24, 2.45) is 5.92 Å². The zero-order valence-corrected chi connectivity index (χ0v) is 10.2. The summed E-state index contributed by atoms with van der Waals surface area (Å²) < 4.78 is 0. The van der Waals surface area contributed by atoms with E-state index < -0.39 is 0 Å². The number of hydrogen-bond donors (Lipinski definition) is 1. The first-order chi connectivity index (χ1) is 8.27. The Morgan fingerprint density at radius 3 is 2.71 bits per heavy atom. The smallest absolute Gasteiger partial charge is 0.0824 e. The topological polar surface area (TPSA) is 20.2 Å². The lowest BCUT2D eigenvalue weighted by molar-refractivity contribution is 0.169. The van der Waals surface area contributed by atoms with Gasteiger partial charge in [0.1, 0.15) is 0 Å². The summed E-state index contributed by atoms with van der Waals surface area (Å²) in [7, 11) is 0. The van der Waals surface area contributed by atoms with Crippen LogP contribution < -0.4 is 0 Å². The van der Waals surface area contributed by atoms with E-state index in [-0.39, 0.29) is 6.10 Å². The molecule has 2 atom stereocenters. The maximum atomic E-state index is 10.3. The number of hydrogen-bond acceptors (Lipinski definition) is 1. The van der Waals surface area contributed by atoms with Crippen LogP contribution in [-0.2, 0) is 0 Å². The zero-order valence-electron chi connectivity index (χ0n) is 10.2. The molecule has 0 heterocycles. The summed E-state index contributed by atoms with van der Waals surface area (Å²) in [5.41, 5.74) is 5.21. The summed E-state index contributed by atoms with van der Waals surface area (Å²) in [6, 6.07) is 10.4. The van der Waals surface area contributed by atoms with Gasteiger partial charge in [-0.05, 0) is 41.9 Å². The van der Waals surface area contributed by atoms with Gasteiger partial charge in [0, 0.05) is 0 Å². The monoisotopic (exact) mass is 226 g/mol. The summed E-state index contributed by atoms with van der Waals surface area (Å²) in [6.45, 7) is 2.14. The molecular formula is C16H18O. The molecule has 0 saturated carbocycles. The van der Waals surface area contributed by atoms with Crippen molar-refractivity contribution >= 4 is 5.57 Å². The second-order valence-electron chi connectivity index (χ2n) is 5.17. The quantitative estimate of drug-likeness (QED) is 0.776. The van der Waals surface area contributed by atoms with Gasteiger partial charge in [-0.2, -0.15) is 0 Å². The van der Waals surface area contributed by atoms with Crippen LogP contribution in [0, 0.1) is 5.92 Å². The molecule has 0 aliphatic heterocycles. The van der Waals surface area contributed by atoms with E-state index >= 15 is 0 Å². The molecule has 0 spiro atoms. The predicted octanol–water partition coefficient (Wildman–Crippen LogP) is 3.56. The molecule has 0 bridgehead atoms. The van der Waals surface area contributed by atoms with Gasteiger partial charge in [-0.3, -0.25) is 0 Å². The normalized spacial score (nSPS) is 28.0. The third-order valence-electron chi connectivity index (χ3n) is 3.95.